The lowest BCUT2D eigenvalue weighted by Gasteiger charge is -2.23. The second kappa shape index (κ2) is 8.25. The number of carbonyl (C=O) groups is 1. The SMILES string of the molecule is O=C(NC(=S)N(CCO)CCO)c1ccc([N+](=O)[O-])cc1. The van der Waals surface area contributed by atoms with Gasteiger partial charge >= 0.3 is 0 Å². The molecule has 0 spiro atoms. The van der Waals surface area contributed by atoms with Gasteiger partial charge in [0.05, 0.1) is 18.1 Å². The Morgan fingerprint density at radius 2 is 1.76 bits per heavy atom. The summed E-state index contributed by atoms with van der Waals surface area (Å²) in [5, 5.41) is 30.8. The van der Waals surface area contributed by atoms with Crippen LogP contribution in [0.15, 0.2) is 24.3 Å². The maximum absolute atomic E-state index is 11.9. The van der Waals surface area contributed by atoms with E-state index in [0.717, 1.165) is 0 Å². The van der Waals surface area contributed by atoms with Crippen molar-refractivity contribution in [2.45, 2.75) is 0 Å². The van der Waals surface area contributed by atoms with E-state index in [1.165, 1.54) is 29.2 Å². The monoisotopic (exact) mass is 313 g/mol. The first kappa shape index (κ1) is 17.0. The summed E-state index contributed by atoms with van der Waals surface area (Å²) in [6.07, 6.45) is 0. The van der Waals surface area contributed by atoms with Crippen LogP contribution in [0, 0.1) is 10.1 Å². The molecule has 1 aromatic carbocycles. The summed E-state index contributed by atoms with van der Waals surface area (Å²) in [7, 11) is 0. The van der Waals surface area contributed by atoms with Gasteiger partial charge in [-0.3, -0.25) is 20.2 Å². The molecule has 0 bridgehead atoms. The highest BCUT2D eigenvalue weighted by atomic mass is 32.1. The third kappa shape index (κ3) is 5.06. The highest BCUT2D eigenvalue weighted by Gasteiger charge is 2.14. The van der Waals surface area contributed by atoms with E-state index in [1.807, 2.05) is 0 Å². The van der Waals surface area contributed by atoms with Gasteiger partial charge in [0.1, 0.15) is 0 Å². The molecular weight excluding hydrogens is 298 g/mol. The van der Waals surface area contributed by atoms with Crippen LogP contribution in [0.1, 0.15) is 10.4 Å². The number of nitrogens with zero attached hydrogens (tertiary/aromatic N) is 2. The molecule has 0 unspecified atom stereocenters. The molecule has 1 amide bonds. The molecule has 0 fully saturated rings. The third-order valence-electron chi connectivity index (χ3n) is 2.59. The molecule has 0 saturated carbocycles. The number of thiocarbonyl (C=S) groups is 1. The normalized spacial score (nSPS) is 10.0. The first-order chi connectivity index (χ1) is 9.99. The molecule has 0 radical (unpaired) electrons. The van der Waals surface area contributed by atoms with Crippen LogP contribution in [-0.4, -0.2) is 57.4 Å². The maximum atomic E-state index is 11.9. The van der Waals surface area contributed by atoms with Crippen molar-refractivity contribution in [3.05, 3.63) is 39.9 Å². The Balaban J connectivity index is 2.70. The molecule has 0 saturated heterocycles. The number of hydrogen-bond acceptors (Lipinski definition) is 6. The van der Waals surface area contributed by atoms with Crippen molar-refractivity contribution in [2.24, 2.45) is 0 Å². The number of carbonyl (C=O) groups excluding carboxylic acids is 1. The molecule has 3 N–H and O–H groups in total. The first-order valence-electron chi connectivity index (χ1n) is 6.06. The Bertz CT molecular complexity index is 514. The molecule has 0 aliphatic carbocycles. The Morgan fingerprint density at radius 1 is 1.24 bits per heavy atom. The first-order valence-corrected chi connectivity index (χ1v) is 6.47. The predicted octanol–water partition coefficient (Wildman–Crippen LogP) is -0.104. The lowest BCUT2D eigenvalue weighted by atomic mass is 10.2. The van der Waals surface area contributed by atoms with Crippen molar-refractivity contribution < 1.29 is 19.9 Å². The number of nitro groups is 1. The quantitative estimate of drug-likeness (QED) is 0.381. The molecule has 0 aliphatic rings. The molecule has 0 atom stereocenters. The van der Waals surface area contributed by atoms with Gasteiger partial charge in [-0.1, -0.05) is 0 Å². The minimum atomic E-state index is -0.559. The van der Waals surface area contributed by atoms with Crippen molar-refractivity contribution in [3.8, 4) is 0 Å². The van der Waals surface area contributed by atoms with Gasteiger partial charge in [-0.05, 0) is 24.4 Å². The second-order valence-corrected chi connectivity index (χ2v) is 4.38. The number of benzene rings is 1. The van der Waals surface area contributed by atoms with Crippen LogP contribution in [-0.2, 0) is 0 Å². The summed E-state index contributed by atoms with van der Waals surface area (Å²) < 4.78 is 0. The number of amides is 1. The third-order valence-corrected chi connectivity index (χ3v) is 2.95. The van der Waals surface area contributed by atoms with Gasteiger partial charge in [-0.2, -0.15) is 0 Å². The number of nitro benzene ring substituents is 1. The van der Waals surface area contributed by atoms with Gasteiger partial charge in [0.25, 0.3) is 11.6 Å². The minimum absolute atomic E-state index is 0.0708. The van der Waals surface area contributed by atoms with Crippen LogP contribution < -0.4 is 5.32 Å². The molecular formula is C12H15N3O5S. The summed E-state index contributed by atoms with van der Waals surface area (Å²) in [6, 6.07) is 5.07. The van der Waals surface area contributed by atoms with Crippen molar-refractivity contribution in [3.63, 3.8) is 0 Å². The Kier molecular flexibility index (Phi) is 6.66. The number of nitrogens with one attached hydrogen (secondary N) is 1. The highest BCUT2D eigenvalue weighted by Crippen LogP contribution is 2.11. The second-order valence-electron chi connectivity index (χ2n) is 4.00. The summed E-state index contributed by atoms with van der Waals surface area (Å²) in [5.41, 5.74) is 0.104. The zero-order valence-corrected chi connectivity index (χ0v) is 11.9. The lowest BCUT2D eigenvalue weighted by Crippen LogP contribution is -2.45. The number of aliphatic hydroxyl groups excluding tert-OH is 2. The van der Waals surface area contributed by atoms with Gasteiger partial charge in [-0.15, -0.1) is 0 Å². The topological polar surface area (TPSA) is 116 Å². The van der Waals surface area contributed by atoms with Gasteiger partial charge in [-0.25, -0.2) is 0 Å². The fourth-order valence-corrected chi connectivity index (χ4v) is 1.81. The molecule has 0 aromatic heterocycles. The van der Waals surface area contributed by atoms with Crippen LogP contribution in [0.4, 0.5) is 5.69 Å². The van der Waals surface area contributed by atoms with Gasteiger partial charge < -0.3 is 15.1 Å². The minimum Gasteiger partial charge on any atom is -0.395 e. The van der Waals surface area contributed by atoms with E-state index in [0.29, 0.717) is 0 Å². The summed E-state index contributed by atoms with van der Waals surface area (Å²) >= 11 is 5.01. The van der Waals surface area contributed by atoms with Crippen molar-refractivity contribution >= 4 is 28.9 Å². The van der Waals surface area contributed by atoms with Crippen molar-refractivity contribution in [1.29, 1.82) is 0 Å². The fourth-order valence-electron chi connectivity index (χ4n) is 1.54. The number of non-ortho nitro benzene ring substituents is 1. The number of aliphatic hydroxyl groups is 2. The molecule has 1 aromatic rings. The molecule has 0 aliphatic heterocycles. The van der Waals surface area contributed by atoms with Gasteiger partial charge in [0.2, 0.25) is 0 Å². The lowest BCUT2D eigenvalue weighted by molar-refractivity contribution is -0.384. The van der Waals surface area contributed by atoms with Crippen LogP contribution in [0.25, 0.3) is 0 Å². The molecule has 1 rings (SSSR count). The number of rotatable bonds is 6. The van der Waals surface area contributed by atoms with E-state index in [4.69, 9.17) is 22.4 Å². The zero-order valence-electron chi connectivity index (χ0n) is 11.1. The van der Waals surface area contributed by atoms with Crippen LogP contribution >= 0.6 is 12.2 Å². The summed E-state index contributed by atoms with van der Waals surface area (Å²) in [4.78, 5) is 23.3. The van der Waals surface area contributed by atoms with E-state index >= 15 is 0 Å². The average molecular weight is 313 g/mol. The maximum Gasteiger partial charge on any atom is 0.269 e. The van der Waals surface area contributed by atoms with E-state index in [2.05, 4.69) is 5.32 Å². The standard InChI is InChI=1S/C12H15N3O5S/c16-7-5-14(6-8-17)12(21)13-11(18)9-1-3-10(4-2-9)15(19)20/h1-4,16-17H,5-8H2,(H,13,18,21). The van der Waals surface area contributed by atoms with E-state index in [-0.39, 0.29) is 42.7 Å². The largest absolute Gasteiger partial charge is 0.395 e. The van der Waals surface area contributed by atoms with Gasteiger partial charge in [0, 0.05) is 30.8 Å². The Labute approximate surface area is 126 Å². The Hall–Kier alpha value is -2.10. The van der Waals surface area contributed by atoms with Crippen LogP contribution in [0.2, 0.25) is 0 Å². The Morgan fingerprint density at radius 3 is 2.19 bits per heavy atom. The molecule has 114 valence electrons. The molecule has 8 nitrogen and oxygen atoms in total. The average Bonchev–Trinajstić information content (AvgIpc) is 2.47. The smallest absolute Gasteiger partial charge is 0.269 e. The fraction of sp³-hybridized carbons (Fsp3) is 0.333. The van der Waals surface area contributed by atoms with E-state index in [9.17, 15) is 14.9 Å². The zero-order chi connectivity index (χ0) is 15.8. The van der Waals surface area contributed by atoms with Crippen LogP contribution in [0.5, 0.6) is 0 Å². The summed E-state index contributed by atoms with van der Waals surface area (Å²) in [5.74, 6) is -0.518. The van der Waals surface area contributed by atoms with Gasteiger partial charge in [0.15, 0.2) is 5.11 Å². The van der Waals surface area contributed by atoms with Crippen molar-refractivity contribution in [2.75, 3.05) is 26.3 Å². The molecule has 21 heavy (non-hydrogen) atoms. The van der Waals surface area contributed by atoms with E-state index in [1.54, 1.807) is 0 Å². The van der Waals surface area contributed by atoms with E-state index < -0.39 is 10.8 Å². The predicted molar refractivity (Wildman–Crippen MR) is 78.9 cm³/mol. The highest BCUT2D eigenvalue weighted by molar-refractivity contribution is 7.80. The molecule has 9 heteroatoms. The molecule has 0 heterocycles. The summed E-state index contributed by atoms with van der Waals surface area (Å²) in [6.45, 7) is 0.0148. The number of hydrogen-bond donors (Lipinski definition) is 3. The van der Waals surface area contributed by atoms with Crippen molar-refractivity contribution in [1.82, 2.24) is 10.2 Å². The van der Waals surface area contributed by atoms with Crippen LogP contribution in [0.3, 0.4) is 0 Å².